The molecule has 0 aromatic heterocycles. The fourth-order valence-electron chi connectivity index (χ4n) is 2.33. The Morgan fingerprint density at radius 1 is 1.50 bits per heavy atom. The van der Waals surface area contributed by atoms with Crippen molar-refractivity contribution in [1.29, 1.82) is 0 Å². The number of anilines is 1. The largest absolute Gasteiger partial charge is 0.381 e. The minimum absolute atomic E-state index is 0.0362. The van der Waals surface area contributed by atoms with Crippen molar-refractivity contribution in [3.63, 3.8) is 0 Å². The number of benzene rings is 1. The molecule has 16 heavy (non-hydrogen) atoms. The van der Waals surface area contributed by atoms with Crippen molar-refractivity contribution >= 4 is 5.69 Å². The molecular formula is C13H20N2O. The van der Waals surface area contributed by atoms with E-state index >= 15 is 0 Å². The minimum Gasteiger partial charge on any atom is -0.381 e. The molecule has 0 saturated heterocycles. The van der Waals surface area contributed by atoms with Gasteiger partial charge in [0.1, 0.15) is 0 Å². The van der Waals surface area contributed by atoms with Crippen molar-refractivity contribution in [3.05, 3.63) is 29.8 Å². The first-order valence-corrected chi connectivity index (χ1v) is 5.75. The van der Waals surface area contributed by atoms with Crippen LogP contribution in [-0.2, 0) is 4.74 Å². The lowest BCUT2D eigenvalue weighted by atomic mass is 9.74. The normalized spacial score (nSPS) is 28.6. The number of aryl methyl sites for hydroxylation is 1. The number of rotatable bonds is 4. The molecule has 0 unspecified atom stereocenters. The number of ether oxygens (including phenoxy) is 1. The Morgan fingerprint density at radius 3 is 2.81 bits per heavy atom. The van der Waals surface area contributed by atoms with E-state index in [-0.39, 0.29) is 5.54 Å². The summed E-state index contributed by atoms with van der Waals surface area (Å²) in [5.41, 5.74) is 8.31. The zero-order valence-electron chi connectivity index (χ0n) is 9.99. The van der Waals surface area contributed by atoms with E-state index < -0.39 is 0 Å². The summed E-state index contributed by atoms with van der Waals surface area (Å²) in [6.07, 6.45) is 2.35. The second kappa shape index (κ2) is 4.44. The number of hydrogen-bond acceptors (Lipinski definition) is 3. The molecule has 0 aliphatic heterocycles. The molecule has 0 radical (unpaired) electrons. The van der Waals surface area contributed by atoms with Gasteiger partial charge < -0.3 is 15.8 Å². The summed E-state index contributed by atoms with van der Waals surface area (Å²) in [6, 6.07) is 8.40. The van der Waals surface area contributed by atoms with Gasteiger partial charge in [-0.25, -0.2) is 0 Å². The van der Waals surface area contributed by atoms with Gasteiger partial charge in [-0.15, -0.1) is 0 Å². The molecule has 0 atom stereocenters. The van der Waals surface area contributed by atoms with Crippen LogP contribution in [0.2, 0.25) is 0 Å². The van der Waals surface area contributed by atoms with Crippen LogP contribution in [0.25, 0.3) is 0 Å². The molecule has 1 aromatic carbocycles. The van der Waals surface area contributed by atoms with Gasteiger partial charge in [-0.05, 0) is 37.5 Å². The van der Waals surface area contributed by atoms with Gasteiger partial charge >= 0.3 is 0 Å². The van der Waals surface area contributed by atoms with Crippen LogP contribution in [0.1, 0.15) is 18.4 Å². The average molecular weight is 220 g/mol. The average Bonchev–Trinajstić information content (AvgIpc) is 2.23. The zero-order chi connectivity index (χ0) is 11.6. The highest BCUT2D eigenvalue weighted by Gasteiger charge is 2.43. The molecule has 1 saturated carbocycles. The van der Waals surface area contributed by atoms with Crippen molar-refractivity contribution in [2.24, 2.45) is 5.73 Å². The Hall–Kier alpha value is -1.06. The van der Waals surface area contributed by atoms with Gasteiger partial charge in [-0.3, -0.25) is 0 Å². The molecule has 0 heterocycles. The highest BCUT2D eigenvalue weighted by Crippen LogP contribution is 2.36. The van der Waals surface area contributed by atoms with Crippen molar-refractivity contribution in [2.75, 3.05) is 19.0 Å². The Morgan fingerprint density at radius 2 is 2.25 bits per heavy atom. The van der Waals surface area contributed by atoms with Crippen LogP contribution in [0.5, 0.6) is 0 Å². The van der Waals surface area contributed by atoms with Crippen molar-refractivity contribution in [1.82, 2.24) is 0 Å². The number of nitrogens with one attached hydrogen (secondary N) is 1. The van der Waals surface area contributed by atoms with Crippen LogP contribution < -0.4 is 11.1 Å². The Labute approximate surface area is 97.0 Å². The van der Waals surface area contributed by atoms with Crippen molar-refractivity contribution in [3.8, 4) is 0 Å². The van der Waals surface area contributed by atoms with Crippen LogP contribution in [0, 0.1) is 6.92 Å². The molecule has 3 nitrogen and oxygen atoms in total. The van der Waals surface area contributed by atoms with E-state index in [2.05, 4.69) is 36.5 Å². The Bertz CT molecular complexity index is 359. The van der Waals surface area contributed by atoms with Crippen LogP contribution >= 0.6 is 0 Å². The highest BCUT2D eigenvalue weighted by atomic mass is 16.5. The quantitative estimate of drug-likeness (QED) is 0.815. The van der Waals surface area contributed by atoms with Crippen LogP contribution in [0.3, 0.4) is 0 Å². The Kier molecular flexibility index (Phi) is 3.17. The first-order valence-electron chi connectivity index (χ1n) is 5.75. The molecule has 1 aliphatic rings. The van der Waals surface area contributed by atoms with E-state index in [0.29, 0.717) is 12.6 Å². The van der Waals surface area contributed by atoms with Gasteiger partial charge in [0, 0.05) is 19.3 Å². The number of hydrogen-bond donors (Lipinski definition) is 2. The monoisotopic (exact) mass is 220 g/mol. The molecule has 2 rings (SSSR count). The van der Waals surface area contributed by atoms with Gasteiger partial charge in [0.05, 0.1) is 11.6 Å². The summed E-state index contributed by atoms with van der Waals surface area (Å²) >= 11 is 0. The second-order valence-electron chi connectivity index (χ2n) is 4.74. The van der Waals surface area contributed by atoms with Gasteiger partial charge in [-0.1, -0.05) is 12.1 Å². The molecule has 1 fully saturated rings. The second-order valence-corrected chi connectivity index (χ2v) is 4.74. The SMILES string of the molecule is COC1CC(CN)(Nc2cccc(C)c2)C1. The predicted octanol–water partition coefficient (Wildman–Crippen LogP) is 1.91. The summed E-state index contributed by atoms with van der Waals surface area (Å²) in [5, 5.41) is 3.54. The third kappa shape index (κ3) is 2.20. The lowest BCUT2D eigenvalue weighted by Crippen LogP contribution is -2.58. The molecule has 0 bridgehead atoms. The maximum absolute atomic E-state index is 5.85. The maximum Gasteiger partial charge on any atom is 0.0616 e. The summed E-state index contributed by atoms with van der Waals surface area (Å²) in [5.74, 6) is 0. The topological polar surface area (TPSA) is 47.3 Å². The number of methoxy groups -OCH3 is 1. The third-order valence-electron chi connectivity index (χ3n) is 3.39. The lowest BCUT2D eigenvalue weighted by molar-refractivity contribution is -0.00244. The first-order chi connectivity index (χ1) is 7.67. The predicted molar refractivity (Wildman–Crippen MR) is 66.6 cm³/mol. The number of nitrogens with two attached hydrogens (primary N) is 1. The van der Waals surface area contributed by atoms with Gasteiger partial charge in [0.2, 0.25) is 0 Å². The van der Waals surface area contributed by atoms with E-state index in [9.17, 15) is 0 Å². The van der Waals surface area contributed by atoms with Crippen LogP contribution in [-0.4, -0.2) is 25.3 Å². The van der Waals surface area contributed by atoms with E-state index in [4.69, 9.17) is 10.5 Å². The highest BCUT2D eigenvalue weighted by molar-refractivity contribution is 5.48. The molecule has 1 aliphatic carbocycles. The minimum atomic E-state index is 0.0362. The summed E-state index contributed by atoms with van der Waals surface area (Å²) in [7, 11) is 1.76. The van der Waals surface area contributed by atoms with E-state index in [1.54, 1.807) is 7.11 Å². The van der Waals surface area contributed by atoms with E-state index in [1.807, 2.05) is 0 Å². The zero-order valence-corrected chi connectivity index (χ0v) is 9.99. The van der Waals surface area contributed by atoms with Gasteiger partial charge in [-0.2, -0.15) is 0 Å². The van der Waals surface area contributed by atoms with Crippen molar-refractivity contribution in [2.45, 2.75) is 31.4 Å². The van der Waals surface area contributed by atoms with Crippen LogP contribution in [0.15, 0.2) is 24.3 Å². The summed E-state index contributed by atoms with van der Waals surface area (Å²) < 4.78 is 5.31. The van der Waals surface area contributed by atoms with Gasteiger partial charge in [0.25, 0.3) is 0 Å². The van der Waals surface area contributed by atoms with E-state index in [0.717, 1.165) is 18.5 Å². The first kappa shape index (κ1) is 11.4. The summed E-state index contributed by atoms with van der Waals surface area (Å²) in [6.45, 7) is 2.75. The maximum atomic E-state index is 5.85. The standard InChI is InChI=1S/C13H20N2O/c1-10-4-3-5-11(6-10)15-13(9-14)7-12(8-13)16-2/h3-6,12,15H,7-9,14H2,1-2H3. The summed E-state index contributed by atoms with van der Waals surface area (Å²) in [4.78, 5) is 0. The smallest absolute Gasteiger partial charge is 0.0616 e. The lowest BCUT2D eigenvalue weighted by Gasteiger charge is -2.47. The fourth-order valence-corrected chi connectivity index (χ4v) is 2.33. The molecule has 88 valence electrons. The molecule has 1 aromatic rings. The third-order valence-corrected chi connectivity index (χ3v) is 3.39. The van der Waals surface area contributed by atoms with E-state index in [1.165, 1.54) is 5.56 Å². The van der Waals surface area contributed by atoms with Crippen molar-refractivity contribution < 1.29 is 4.74 Å². The molecule has 0 amide bonds. The van der Waals surface area contributed by atoms with Gasteiger partial charge in [0.15, 0.2) is 0 Å². The molecular weight excluding hydrogens is 200 g/mol. The van der Waals surface area contributed by atoms with Crippen LogP contribution in [0.4, 0.5) is 5.69 Å². The Balaban J connectivity index is 2.03. The fraction of sp³-hybridized carbons (Fsp3) is 0.538. The molecule has 3 N–H and O–H groups in total. The molecule has 0 spiro atoms. The molecule has 3 heteroatoms.